The number of phenolic OH excluding ortho intramolecular Hbond substituents is 2. The molecule has 0 aliphatic rings. The van der Waals surface area contributed by atoms with Crippen LogP contribution in [0, 0.1) is 0 Å². The predicted molar refractivity (Wildman–Crippen MR) is 90.5 cm³/mol. The monoisotopic (exact) mass is 331 g/mol. The first-order valence-corrected chi connectivity index (χ1v) is 7.25. The zero-order valence-corrected chi connectivity index (χ0v) is 12.8. The maximum Gasteiger partial charge on any atom is 0.141 e. The Morgan fingerprint density at radius 3 is 2.59 bits per heavy atom. The molecule has 0 radical (unpaired) electrons. The number of halogens is 2. The molecule has 0 atom stereocenters. The molecule has 2 aromatic carbocycles. The number of nitrogens with zero attached hydrogens (tertiary/aromatic N) is 1. The van der Waals surface area contributed by atoms with Gasteiger partial charge in [0.2, 0.25) is 0 Å². The van der Waals surface area contributed by atoms with Crippen LogP contribution in [0.1, 0.15) is 11.3 Å². The molecule has 2 N–H and O–H groups in total. The van der Waals surface area contributed by atoms with Crippen molar-refractivity contribution in [2.75, 3.05) is 0 Å². The first-order valence-electron chi connectivity index (χ1n) is 6.49. The number of phenols is 2. The van der Waals surface area contributed by atoms with Crippen LogP contribution in [-0.2, 0) is 0 Å². The summed E-state index contributed by atoms with van der Waals surface area (Å²) in [5.74, 6) is 0.0901. The van der Waals surface area contributed by atoms with Gasteiger partial charge in [0, 0.05) is 16.0 Å². The van der Waals surface area contributed by atoms with Gasteiger partial charge in [-0.15, -0.1) is 0 Å². The Labute approximate surface area is 137 Å². The fraction of sp³-hybridized carbons (Fsp3) is 0. The highest BCUT2D eigenvalue weighted by atomic mass is 35.5. The number of benzene rings is 2. The van der Waals surface area contributed by atoms with Crippen LogP contribution >= 0.6 is 23.2 Å². The number of hydrogen-bond donors (Lipinski definition) is 2. The van der Waals surface area contributed by atoms with Crippen molar-refractivity contribution in [2.45, 2.75) is 0 Å². The molecule has 0 spiro atoms. The topological polar surface area (TPSA) is 53.4 Å². The van der Waals surface area contributed by atoms with Crippen LogP contribution in [0.4, 0.5) is 0 Å². The molecule has 1 heterocycles. The van der Waals surface area contributed by atoms with Crippen molar-refractivity contribution in [3.8, 4) is 11.5 Å². The van der Waals surface area contributed by atoms with Gasteiger partial charge in [0.15, 0.2) is 0 Å². The van der Waals surface area contributed by atoms with E-state index >= 15 is 0 Å². The van der Waals surface area contributed by atoms with Crippen molar-refractivity contribution in [2.24, 2.45) is 0 Å². The minimum Gasteiger partial charge on any atom is -0.506 e. The van der Waals surface area contributed by atoms with Crippen molar-refractivity contribution in [1.29, 1.82) is 0 Å². The zero-order chi connectivity index (χ0) is 15.7. The molecule has 0 aliphatic heterocycles. The lowest BCUT2D eigenvalue weighted by molar-refractivity contribution is 0.474. The van der Waals surface area contributed by atoms with E-state index in [0.717, 1.165) is 5.39 Å². The predicted octanol–water partition coefficient (Wildman–Crippen LogP) is 5.12. The summed E-state index contributed by atoms with van der Waals surface area (Å²) in [5.41, 5.74) is 1.67. The number of rotatable bonds is 2. The third kappa shape index (κ3) is 2.86. The van der Waals surface area contributed by atoms with Gasteiger partial charge in [-0.2, -0.15) is 0 Å². The van der Waals surface area contributed by atoms with Crippen molar-refractivity contribution in [1.82, 2.24) is 4.98 Å². The second kappa shape index (κ2) is 5.87. The van der Waals surface area contributed by atoms with Crippen LogP contribution in [0.15, 0.2) is 42.5 Å². The Kier molecular flexibility index (Phi) is 3.92. The molecule has 0 saturated heterocycles. The van der Waals surface area contributed by atoms with Crippen LogP contribution in [0.3, 0.4) is 0 Å². The fourth-order valence-corrected chi connectivity index (χ4v) is 2.64. The third-order valence-electron chi connectivity index (χ3n) is 3.21. The van der Waals surface area contributed by atoms with E-state index in [1.807, 2.05) is 18.2 Å². The molecule has 22 heavy (non-hydrogen) atoms. The summed E-state index contributed by atoms with van der Waals surface area (Å²) >= 11 is 11.8. The van der Waals surface area contributed by atoms with Gasteiger partial charge < -0.3 is 10.2 Å². The average Bonchev–Trinajstić information content (AvgIpc) is 2.50. The summed E-state index contributed by atoms with van der Waals surface area (Å²) in [6.07, 6.45) is 3.38. The number of fused-ring (bicyclic) bond motifs is 1. The molecular formula is C17H11Cl2NO2. The standard InChI is InChI=1S/C17H11Cl2NO2/c18-12-8-11(17(22)14(19)9-12)5-7-13-6-4-10-2-1-3-15(21)16(10)20-13/h1-9,21-22H. The third-order valence-corrected chi connectivity index (χ3v) is 3.72. The lowest BCUT2D eigenvalue weighted by Gasteiger charge is -2.03. The van der Waals surface area contributed by atoms with Gasteiger partial charge in [-0.3, -0.25) is 0 Å². The van der Waals surface area contributed by atoms with Crippen LogP contribution in [0.25, 0.3) is 23.1 Å². The highest BCUT2D eigenvalue weighted by Crippen LogP contribution is 2.32. The molecule has 0 fully saturated rings. The van der Waals surface area contributed by atoms with Crippen LogP contribution in [0.5, 0.6) is 11.5 Å². The Morgan fingerprint density at radius 2 is 1.77 bits per heavy atom. The van der Waals surface area contributed by atoms with E-state index in [4.69, 9.17) is 23.2 Å². The highest BCUT2D eigenvalue weighted by Gasteiger charge is 2.06. The summed E-state index contributed by atoms with van der Waals surface area (Å²) in [6, 6.07) is 12.0. The molecule has 1 aromatic heterocycles. The second-order valence-corrected chi connectivity index (χ2v) is 5.59. The molecular weight excluding hydrogens is 321 g/mol. The number of pyridine rings is 1. The maximum absolute atomic E-state index is 9.91. The fourth-order valence-electron chi connectivity index (χ4n) is 2.13. The van der Waals surface area contributed by atoms with Gasteiger partial charge in [-0.05, 0) is 36.4 Å². The molecule has 3 nitrogen and oxygen atoms in total. The first kappa shape index (κ1) is 14.7. The molecule has 0 aliphatic carbocycles. The Morgan fingerprint density at radius 1 is 0.955 bits per heavy atom. The van der Waals surface area contributed by atoms with Crippen molar-refractivity contribution in [3.63, 3.8) is 0 Å². The smallest absolute Gasteiger partial charge is 0.141 e. The quantitative estimate of drug-likeness (QED) is 0.684. The van der Waals surface area contributed by atoms with Gasteiger partial charge in [0.25, 0.3) is 0 Å². The normalized spacial score (nSPS) is 11.4. The Balaban J connectivity index is 2.01. The van der Waals surface area contributed by atoms with Gasteiger partial charge in [-0.25, -0.2) is 4.98 Å². The largest absolute Gasteiger partial charge is 0.506 e. The van der Waals surface area contributed by atoms with Crippen LogP contribution < -0.4 is 0 Å². The summed E-state index contributed by atoms with van der Waals surface area (Å²) in [5, 5.41) is 21.2. The number of aromatic hydroxyl groups is 2. The molecule has 0 saturated carbocycles. The second-order valence-electron chi connectivity index (χ2n) is 4.74. The Hall–Kier alpha value is -2.23. The van der Waals surface area contributed by atoms with Crippen molar-refractivity contribution >= 4 is 46.3 Å². The van der Waals surface area contributed by atoms with E-state index in [-0.39, 0.29) is 16.5 Å². The molecule has 0 bridgehead atoms. The number of hydrogen-bond acceptors (Lipinski definition) is 3. The minimum absolute atomic E-state index is 0.0362. The molecule has 3 aromatic rings. The van der Waals surface area contributed by atoms with Crippen molar-refractivity contribution in [3.05, 3.63) is 63.8 Å². The molecule has 0 unspecified atom stereocenters. The molecule has 110 valence electrons. The summed E-state index contributed by atoms with van der Waals surface area (Å²) in [7, 11) is 0. The van der Waals surface area contributed by atoms with Crippen LogP contribution in [-0.4, -0.2) is 15.2 Å². The van der Waals surface area contributed by atoms with E-state index in [1.165, 1.54) is 6.07 Å². The highest BCUT2D eigenvalue weighted by molar-refractivity contribution is 6.35. The first-order chi connectivity index (χ1) is 10.5. The maximum atomic E-state index is 9.91. The SMILES string of the molecule is Oc1c(Cl)cc(Cl)cc1C=Cc1ccc2cccc(O)c2n1. The molecule has 3 rings (SSSR count). The number of para-hydroxylation sites is 1. The minimum atomic E-state index is -0.0362. The zero-order valence-electron chi connectivity index (χ0n) is 11.3. The summed E-state index contributed by atoms with van der Waals surface area (Å²) < 4.78 is 0. The average molecular weight is 332 g/mol. The molecule has 0 amide bonds. The Bertz CT molecular complexity index is 891. The van der Waals surface area contributed by atoms with E-state index < -0.39 is 0 Å². The van der Waals surface area contributed by atoms with E-state index in [1.54, 1.807) is 30.4 Å². The van der Waals surface area contributed by atoms with Gasteiger partial charge >= 0.3 is 0 Å². The van der Waals surface area contributed by atoms with E-state index in [2.05, 4.69) is 4.98 Å². The lowest BCUT2D eigenvalue weighted by atomic mass is 10.1. The van der Waals surface area contributed by atoms with Crippen LogP contribution in [0.2, 0.25) is 10.0 Å². The van der Waals surface area contributed by atoms with Crippen molar-refractivity contribution < 1.29 is 10.2 Å². The van der Waals surface area contributed by atoms with E-state index in [9.17, 15) is 10.2 Å². The summed E-state index contributed by atoms with van der Waals surface area (Å²) in [6.45, 7) is 0. The number of aromatic nitrogens is 1. The molecule has 5 heteroatoms. The van der Waals surface area contributed by atoms with Gasteiger partial charge in [0.05, 0.1) is 10.7 Å². The van der Waals surface area contributed by atoms with E-state index in [0.29, 0.717) is 21.8 Å². The lowest BCUT2D eigenvalue weighted by Crippen LogP contribution is -1.84. The van der Waals surface area contributed by atoms with Gasteiger partial charge in [-0.1, -0.05) is 41.4 Å². The van der Waals surface area contributed by atoms with Gasteiger partial charge in [0.1, 0.15) is 17.0 Å². The summed E-state index contributed by atoms with van der Waals surface area (Å²) in [4.78, 5) is 4.38.